The van der Waals surface area contributed by atoms with Crippen LogP contribution in [0.25, 0.3) is 28.5 Å². The largest absolute Gasteiger partial charge is 0.358 e. The Morgan fingerprint density at radius 3 is 2.76 bits per heavy atom. The molecule has 2 aromatic carbocycles. The minimum absolute atomic E-state index is 0.148. The van der Waals surface area contributed by atoms with E-state index in [0.717, 1.165) is 76.5 Å². The highest BCUT2D eigenvalue weighted by Gasteiger charge is 2.27. The number of amides is 1. The van der Waals surface area contributed by atoms with E-state index in [1.807, 2.05) is 85.5 Å². The summed E-state index contributed by atoms with van der Waals surface area (Å²) >= 11 is 0. The highest BCUT2D eigenvalue weighted by atomic mass is 16.2. The number of aromatic nitrogens is 3. The fraction of sp³-hybridized carbons (Fsp3) is 0.258. The number of carbonyl (C=O) groups is 2. The number of benzene rings is 2. The van der Waals surface area contributed by atoms with E-state index in [0.29, 0.717) is 17.9 Å². The van der Waals surface area contributed by atoms with Crippen molar-refractivity contribution in [1.29, 1.82) is 0 Å². The van der Waals surface area contributed by atoms with Gasteiger partial charge in [-0.05, 0) is 87.2 Å². The van der Waals surface area contributed by atoms with E-state index in [1.165, 1.54) is 0 Å². The third kappa shape index (κ3) is 4.50. The fourth-order valence-corrected chi connectivity index (χ4v) is 5.65. The first kappa shape index (κ1) is 24.1. The lowest BCUT2D eigenvalue weighted by Gasteiger charge is -2.22. The Bertz CT molecular complexity index is 1550. The van der Waals surface area contributed by atoms with Gasteiger partial charge in [-0.1, -0.05) is 24.3 Å². The first-order valence-electron chi connectivity index (χ1n) is 13.2. The van der Waals surface area contributed by atoms with Crippen LogP contribution in [0.5, 0.6) is 0 Å². The van der Waals surface area contributed by atoms with Gasteiger partial charge in [-0.2, -0.15) is 5.10 Å². The average molecular weight is 506 g/mol. The van der Waals surface area contributed by atoms with Gasteiger partial charge in [-0.3, -0.25) is 9.59 Å². The third-order valence-electron chi connectivity index (χ3n) is 7.66. The number of nitrogens with zero attached hydrogens (tertiary/aromatic N) is 2. The molecule has 6 rings (SSSR count). The number of rotatable bonds is 6. The summed E-state index contributed by atoms with van der Waals surface area (Å²) in [6.45, 7) is 5.83. The van der Waals surface area contributed by atoms with Gasteiger partial charge in [0.2, 0.25) is 0 Å². The monoisotopic (exact) mass is 505 g/mol. The normalized spacial score (nSPS) is 18.0. The van der Waals surface area contributed by atoms with Crippen LogP contribution in [0.4, 0.5) is 5.69 Å². The molecule has 7 heteroatoms. The zero-order valence-corrected chi connectivity index (χ0v) is 21.7. The Balaban J connectivity index is 1.30. The quantitative estimate of drug-likeness (QED) is 0.237. The minimum Gasteiger partial charge on any atom is -0.358 e. The maximum Gasteiger partial charge on any atom is 0.256 e. The van der Waals surface area contributed by atoms with E-state index < -0.39 is 0 Å². The molecule has 2 aliphatic heterocycles. The highest BCUT2D eigenvalue weighted by molar-refractivity contribution is 6.35. The molecule has 4 aromatic rings. The number of para-hydroxylation sites is 1. The number of carbonyl (C=O) groups excluding carboxylic acids is 2. The Morgan fingerprint density at radius 2 is 1.97 bits per heavy atom. The van der Waals surface area contributed by atoms with Gasteiger partial charge in [-0.15, -0.1) is 0 Å². The van der Waals surface area contributed by atoms with Gasteiger partial charge >= 0.3 is 0 Å². The predicted molar refractivity (Wildman–Crippen MR) is 150 cm³/mol. The molecule has 4 heterocycles. The van der Waals surface area contributed by atoms with Gasteiger partial charge in [0.1, 0.15) is 0 Å². The molecule has 0 spiro atoms. The Morgan fingerprint density at radius 1 is 1.13 bits per heavy atom. The molecule has 1 atom stereocenters. The molecule has 1 saturated heterocycles. The van der Waals surface area contributed by atoms with Crippen molar-refractivity contribution in [3.63, 3.8) is 0 Å². The Labute approximate surface area is 222 Å². The van der Waals surface area contributed by atoms with Crippen molar-refractivity contribution >= 4 is 29.0 Å². The predicted octanol–water partition coefficient (Wildman–Crippen LogP) is 5.55. The van der Waals surface area contributed by atoms with E-state index in [-0.39, 0.29) is 11.7 Å². The first-order chi connectivity index (χ1) is 18.5. The summed E-state index contributed by atoms with van der Waals surface area (Å²) in [5.41, 5.74) is 8.43. The van der Waals surface area contributed by atoms with Gasteiger partial charge in [-0.25, -0.2) is 4.68 Å². The van der Waals surface area contributed by atoms with Crippen molar-refractivity contribution < 1.29 is 9.59 Å². The number of fused-ring (bicyclic) bond motifs is 1. The van der Waals surface area contributed by atoms with Crippen LogP contribution in [0, 0.1) is 19.8 Å². The van der Waals surface area contributed by atoms with E-state index >= 15 is 0 Å². The molecule has 1 fully saturated rings. The average Bonchev–Trinajstić information content (AvgIpc) is 3.61. The van der Waals surface area contributed by atoms with Crippen molar-refractivity contribution in [2.75, 3.05) is 18.4 Å². The number of aromatic amines is 1. The summed E-state index contributed by atoms with van der Waals surface area (Å²) in [6, 6.07) is 15.9. The van der Waals surface area contributed by atoms with Crippen molar-refractivity contribution in [3.8, 4) is 16.8 Å². The van der Waals surface area contributed by atoms with Crippen LogP contribution in [0.3, 0.4) is 0 Å². The molecule has 2 aliphatic rings. The number of hydrogen-bond acceptors (Lipinski definition) is 4. The summed E-state index contributed by atoms with van der Waals surface area (Å²) in [5.74, 6) is 0.400. The molecular formula is C31H31N5O2. The number of H-pyrrole nitrogens is 1. The van der Waals surface area contributed by atoms with Gasteiger partial charge in [0, 0.05) is 46.4 Å². The molecular weight excluding hydrogens is 474 g/mol. The first-order valence-corrected chi connectivity index (χ1v) is 13.2. The molecule has 0 aliphatic carbocycles. The second-order valence-corrected chi connectivity index (χ2v) is 10.3. The van der Waals surface area contributed by atoms with Crippen LogP contribution < -0.4 is 10.6 Å². The van der Waals surface area contributed by atoms with Crippen molar-refractivity contribution in [2.24, 2.45) is 5.92 Å². The highest BCUT2D eigenvalue weighted by Crippen LogP contribution is 2.37. The lowest BCUT2D eigenvalue weighted by molar-refractivity contribution is -0.110. The number of aryl methyl sites for hydroxylation is 1. The van der Waals surface area contributed by atoms with Crippen molar-refractivity contribution in [3.05, 3.63) is 89.0 Å². The number of anilines is 1. The smallest absolute Gasteiger partial charge is 0.256 e. The van der Waals surface area contributed by atoms with Gasteiger partial charge < -0.3 is 15.6 Å². The van der Waals surface area contributed by atoms with Crippen LogP contribution in [0.2, 0.25) is 0 Å². The lowest BCUT2D eigenvalue weighted by atomic mass is 9.90. The molecule has 0 radical (unpaired) electrons. The second kappa shape index (κ2) is 9.91. The Kier molecular flexibility index (Phi) is 6.29. The number of Topliss-reactive ketones (excluding diaryl/α,β-unsaturated/α-hetero) is 1. The van der Waals surface area contributed by atoms with E-state index in [2.05, 4.69) is 20.7 Å². The van der Waals surface area contributed by atoms with Crippen molar-refractivity contribution in [2.45, 2.75) is 33.1 Å². The molecule has 0 saturated carbocycles. The fourth-order valence-electron chi connectivity index (χ4n) is 5.65. The maximum absolute atomic E-state index is 13.2. The standard InChI is InChI=1S/C31H31N5O2/c1-19-28(34-20(2)30(19)29(37)13-21-7-6-12-32-16-21)15-26-25-14-22(10-11-27(25)35-31(26)38)23-17-33-36(18-23)24-8-4-3-5-9-24/h3-5,8-11,14-15,17-18,21,32,34H,6-7,12-13,16H2,1-2H3,(H,35,38)/b26-15-/t21-/m1/s1. The van der Waals surface area contributed by atoms with Crippen LogP contribution in [0.1, 0.15) is 52.1 Å². The third-order valence-corrected chi connectivity index (χ3v) is 7.66. The van der Waals surface area contributed by atoms with Crippen LogP contribution in [-0.4, -0.2) is 39.5 Å². The van der Waals surface area contributed by atoms with Gasteiger partial charge in [0.05, 0.1) is 17.5 Å². The van der Waals surface area contributed by atoms with E-state index in [4.69, 9.17) is 0 Å². The summed E-state index contributed by atoms with van der Waals surface area (Å²) in [7, 11) is 0. The minimum atomic E-state index is -0.148. The maximum atomic E-state index is 13.2. The van der Waals surface area contributed by atoms with Gasteiger partial charge in [0.25, 0.3) is 5.91 Å². The molecule has 7 nitrogen and oxygen atoms in total. The zero-order valence-electron chi connectivity index (χ0n) is 21.7. The molecule has 2 aromatic heterocycles. The van der Waals surface area contributed by atoms with Gasteiger partial charge in [0.15, 0.2) is 5.78 Å². The summed E-state index contributed by atoms with van der Waals surface area (Å²) < 4.78 is 1.84. The van der Waals surface area contributed by atoms with Crippen LogP contribution >= 0.6 is 0 Å². The molecule has 192 valence electrons. The molecule has 3 N–H and O–H groups in total. The van der Waals surface area contributed by atoms with Crippen LogP contribution in [0.15, 0.2) is 60.9 Å². The summed E-state index contributed by atoms with van der Waals surface area (Å²) in [5, 5.41) is 10.9. The number of nitrogens with one attached hydrogen (secondary N) is 3. The zero-order chi connectivity index (χ0) is 26.2. The van der Waals surface area contributed by atoms with E-state index in [9.17, 15) is 9.59 Å². The number of hydrogen-bond donors (Lipinski definition) is 3. The van der Waals surface area contributed by atoms with E-state index in [1.54, 1.807) is 0 Å². The molecule has 1 amide bonds. The Hall–Kier alpha value is -4.23. The number of ketones is 1. The van der Waals surface area contributed by atoms with Crippen LogP contribution in [-0.2, 0) is 4.79 Å². The number of piperidine rings is 1. The molecule has 0 unspecified atom stereocenters. The molecule has 38 heavy (non-hydrogen) atoms. The summed E-state index contributed by atoms with van der Waals surface area (Å²) in [6.07, 6.45) is 8.44. The summed E-state index contributed by atoms with van der Waals surface area (Å²) in [4.78, 5) is 29.6. The SMILES string of the molecule is Cc1[nH]c(/C=C2\C(=O)Nc3ccc(-c4cnn(-c5ccccc5)c4)cc32)c(C)c1C(=O)C[C@H]1CCCNC1. The topological polar surface area (TPSA) is 91.8 Å². The molecule has 0 bridgehead atoms. The lowest BCUT2D eigenvalue weighted by Crippen LogP contribution is -2.31. The second-order valence-electron chi connectivity index (χ2n) is 10.3. The van der Waals surface area contributed by atoms with Crippen molar-refractivity contribution in [1.82, 2.24) is 20.1 Å².